The minimum atomic E-state index is -1.01. The summed E-state index contributed by atoms with van der Waals surface area (Å²) in [5.41, 5.74) is 0.740. The Bertz CT molecular complexity index is 473. The fourth-order valence-corrected chi connectivity index (χ4v) is 2.05. The zero-order valence-electron chi connectivity index (χ0n) is 12.5. The van der Waals surface area contributed by atoms with Crippen LogP contribution in [0.25, 0.3) is 0 Å². The average molecular weight is 294 g/mol. The Kier molecular flexibility index (Phi) is 6.68. The lowest BCUT2D eigenvalue weighted by Crippen LogP contribution is -2.45. The quantitative estimate of drug-likeness (QED) is 0.806. The van der Waals surface area contributed by atoms with E-state index >= 15 is 0 Å². The third-order valence-corrected chi connectivity index (χ3v) is 3.13. The van der Waals surface area contributed by atoms with E-state index in [0.717, 1.165) is 6.42 Å². The molecule has 0 aliphatic heterocycles. The summed E-state index contributed by atoms with van der Waals surface area (Å²) in [6, 6.07) is 5.88. The zero-order chi connectivity index (χ0) is 15.8. The van der Waals surface area contributed by atoms with Gasteiger partial charge in [0.1, 0.15) is 0 Å². The number of aliphatic hydroxyl groups excluding tert-OH is 1. The molecule has 0 atom stereocenters. The first-order valence-electron chi connectivity index (χ1n) is 7.05. The van der Waals surface area contributed by atoms with E-state index in [0.29, 0.717) is 18.8 Å². The van der Waals surface area contributed by atoms with Crippen molar-refractivity contribution in [3.8, 4) is 0 Å². The highest BCUT2D eigenvalue weighted by atomic mass is 16.4. The van der Waals surface area contributed by atoms with Gasteiger partial charge in [-0.15, -0.1) is 0 Å². The topological polar surface area (TPSA) is 81.1 Å². The van der Waals surface area contributed by atoms with Crippen LogP contribution < -0.4 is 4.90 Å². The Balaban J connectivity index is 2.99. The summed E-state index contributed by atoms with van der Waals surface area (Å²) in [4.78, 5) is 26.5. The molecule has 0 unspecified atom stereocenters. The van der Waals surface area contributed by atoms with Crippen LogP contribution in [0.1, 0.15) is 30.6 Å². The maximum atomic E-state index is 12.5. The Morgan fingerprint density at radius 3 is 2.14 bits per heavy atom. The molecule has 2 amide bonds. The zero-order valence-corrected chi connectivity index (χ0v) is 12.5. The van der Waals surface area contributed by atoms with Crippen LogP contribution in [0.15, 0.2) is 24.3 Å². The number of anilines is 1. The largest absolute Gasteiger partial charge is 0.478 e. The van der Waals surface area contributed by atoms with Crippen molar-refractivity contribution in [1.82, 2.24) is 4.90 Å². The molecule has 21 heavy (non-hydrogen) atoms. The highest BCUT2D eigenvalue weighted by Gasteiger charge is 2.20. The normalized spacial score (nSPS) is 10.2. The van der Waals surface area contributed by atoms with Gasteiger partial charge in [0.25, 0.3) is 0 Å². The Hall–Kier alpha value is -2.08. The van der Waals surface area contributed by atoms with Crippen LogP contribution in [0.4, 0.5) is 10.5 Å². The van der Waals surface area contributed by atoms with Gasteiger partial charge in [-0.25, -0.2) is 9.59 Å². The summed E-state index contributed by atoms with van der Waals surface area (Å²) in [5, 5.41) is 18.1. The molecule has 0 saturated carbocycles. The molecule has 0 radical (unpaired) electrons. The maximum absolute atomic E-state index is 12.5. The highest BCUT2D eigenvalue weighted by Crippen LogP contribution is 2.17. The molecule has 1 aromatic rings. The van der Waals surface area contributed by atoms with Gasteiger partial charge in [0, 0.05) is 18.8 Å². The van der Waals surface area contributed by atoms with Crippen LogP contribution in [0.2, 0.25) is 0 Å². The molecule has 0 spiro atoms. The standard InChI is InChI=1S/C15H22N2O4/c1-3-9-16(4-2)15(21)17(10-11-18)13-7-5-12(6-8-13)14(19)20/h5-8,18H,3-4,9-11H2,1-2H3,(H,19,20). The van der Waals surface area contributed by atoms with Crippen LogP contribution in [0.3, 0.4) is 0 Å². The Morgan fingerprint density at radius 1 is 1.10 bits per heavy atom. The predicted molar refractivity (Wildman–Crippen MR) is 80.8 cm³/mol. The van der Waals surface area contributed by atoms with Crippen molar-refractivity contribution in [3.05, 3.63) is 29.8 Å². The van der Waals surface area contributed by atoms with Gasteiger partial charge in [-0.2, -0.15) is 0 Å². The molecular weight excluding hydrogens is 272 g/mol. The van der Waals surface area contributed by atoms with Crippen molar-refractivity contribution in [3.63, 3.8) is 0 Å². The number of urea groups is 1. The molecule has 0 aliphatic rings. The van der Waals surface area contributed by atoms with E-state index in [1.807, 2.05) is 13.8 Å². The lowest BCUT2D eigenvalue weighted by molar-refractivity contribution is 0.0697. The minimum absolute atomic E-state index is 0.157. The second kappa shape index (κ2) is 8.26. The monoisotopic (exact) mass is 294 g/mol. The van der Waals surface area contributed by atoms with Crippen LogP contribution in [-0.2, 0) is 0 Å². The van der Waals surface area contributed by atoms with E-state index in [1.165, 1.54) is 17.0 Å². The molecule has 2 N–H and O–H groups in total. The smallest absolute Gasteiger partial charge is 0.335 e. The number of nitrogens with zero attached hydrogens (tertiary/aromatic N) is 2. The molecule has 1 aromatic carbocycles. The second-order valence-corrected chi connectivity index (χ2v) is 4.59. The lowest BCUT2D eigenvalue weighted by Gasteiger charge is -2.29. The third kappa shape index (κ3) is 4.46. The third-order valence-electron chi connectivity index (χ3n) is 3.13. The van der Waals surface area contributed by atoms with Gasteiger partial charge in [0.2, 0.25) is 0 Å². The molecule has 0 heterocycles. The minimum Gasteiger partial charge on any atom is -0.478 e. The van der Waals surface area contributed by atoms with E-state index in [-0.39, 0.29) is 24.7 Å². The van der Waals surface area contributed by atoms with E-state index in [9.17, 15) is 9.59 Å². The summed E-state index contributed by atoms with van der Waals surface area (Å²) in [5.74, 6) is -1.01. The molecule has 6 nitrogen and oxygen atoms in total. The van der Waals surface area contributed by atoms with Crippen LogP contribution in [0.5, 0.6) is 0 Å². The van der Waals surface area contributed by atoms with Crippen LogP contribution in [0, 0.1) is 0 Å². The molecule has 0 aliphatic carbocycles. The molecule has 0 bridgehead atoms. The number of hydrogen-bond acceptors (Lipinski definition) is 3. The molecular formula is C15H22N2O4. The molecule has 1 rings (SSSR count). The maximum Gasteiger partial charge on any atom is 0.335 e. The van der Waals surface area contributed by atoms with Crippen LogP contribution >= 0.6 is 0 Å². The van der Waals surface area contributed by atoms with Gasteiger partial charge >= 0.3 is 12.0 Å². The molecule has 116 valence electrons. The van der Waals surface area contributed by atoms with Crippen LogP contribution in [-0.4, -0.2) is 53.4 Å². The van der Waals surface area contributed by atoms with Crippen molar-refractivity contribution in [2.45, 2.75) is 20.3 Å². The number of hydrogen-bond donors (Lipinski definition) is 2. The molecule has 6 heteroatoms. The number of carboxylic acids is 1. The van der Waals surface area contributed by atoms with Crippen molar-refractivity contribution in [2.24, 2.45) is 0 Å². The fourth-order valence-electron chi connectivity index (χ4n) is 2.05. The van der Waals surface area contributed by atoms with Gasteiger partial charge in [-0.05, 0) is 37.6 Å². The number of carbonyl (C=O) groups is 2. The highest BCUT2D eigenvalue weighted by molar-refractivity contribution is 5.93. The molecule has 0 aromatic heterocycles. The Morgan fingerprint density at radius 2 is 1.71 bits per heavy atom. The van der Waals surface area contributed by atoms with Gasteiger partial charge in [0.15, 0.2) is 0 Å². The number of carbonyl (C=O) groups excluding carboxylic acids is 1. The average Bonchev–Trinajstić information content (AvgIpc) is 2.49. The van der Waals surface area contributed by atoms with Gasteiger partial charge in [0.05, 0.1) is 18.7 Å². The number of amides is 2. The number of carboxylic acid groups (broad SMARTS) is 1. The number of rotatable bonds is 7. The second-order valence-electron chi connectivity index (χ2n) is 4.59. The first-order valence-corrected chi connectivity index (χ1v) is 7.05. The first kappa shape index (κ1) is 17.0. The van der Waals surface area contributed by atoms with Crippen molar-refractivity contribution in [1.29, 1.82) is 0 Å². The molecule has 0 saturated heterocycles. The van der Waals surface area contributed by atoms with Gasteiger partial charge in [-0.1, -0.05) is 6.92 Å². The summed E-state index contributed by atoms with van der Waals surface area (Å²) < 4.78 is 0. The van der Waals surface area contributed by atoms with Crippen molar-refractivity contribution in [2.75, 3.05) is 31.1 Å². The first-order chi connectivity index (χ1) is 10.0. The van der Waals surface area contributed by atoms with E-state index in [1.54, 1.807) is 17.0 Å². The van der Waals surface area contributed by atoms with E-state index in [4.69, 9.17) is 10.2 Å². The summed E-state index contributed by atoms with van der Waals surface area (Å²) in [7, 11) is 0. The van der Waals surface area contributed by atoms with Crippen molar-refractivity contribution >= 4 is 17.7 Å². The fraction of sp³-hybridized carbons (Fsp3) is 0.467. The summed E-state index contributed by atoms with van der Waals surface area (Å²) in [6.45, 7) is 5.14. The van der Waals surface area contributed by atoms with E-state index < -0.39 is 5.97 Å². The predicted octanol–water partition coefficient (Wildman–Crippen LogP) is 2.04. The Labute approximate surface area is 124 Å². The summed E-state index contributed by atoms with van der Waals surface area (Å²) in [6.07, 6.45) is 0.852. The summed E-state index contributed by atoms with van der Waals surface area (Å²) >= 11 is 0. The van der Waals surface area contributed by atoms with Crippen molar-refractivity contribution < 1.29 is 19.8 Å². The van der Waals surface area contributed by atoms with E-state index in [2.05, 4.69) is 0 Å². The SMILES string of the molecule is CCCN(CC)C(=O)N(CCO)c1ccc(C(=O)O)cc1. The molecule has 0 fully saturated rings. The number of aliphatic hydroxyl groups is 1. The number of aromatic carboxylic acids is 1. The van der Waals surface area contributed by atoms with Gasteiger partial charge < -0.3 is 15.1 Å². The number of benzene rings is 1. The van der Waals surface area contributed by atoms with Gasteiger partial charge in [-0.3, -0.25) is 4.90 Å². The lowest BCUT2D eigenvalue weighted by atomic mass is 10.2.